The van der Waals surface area contributed by atoms with E-state index in [0.717, 1.165) is 38.0 Å². The maximum absolute atomic E-state index is 5.67. The molecule has 0 aliphatic carbocycles. The van der Waals surface area contributed by atoms with Gasteiger partial charge in [0.2, 0.25) is 0 Å². The van der Waals surface area contributed by atoms with Crippen molar-refractivity contribution in [2.24, 2.45) is 5.84 Å². The van der Waals surface area contributed by atoms with Crippen LogP contribution in [-0.4, -0.2) is 28.5 Å². The van der Waals surface area contributed by atoms with Crippen molar-refractivity contribution in [1.29, 1.82) is 0 Å². The molecule has 114 valence electrons. The zero-order chi connectivity index (χ0) is 14.4. The van der Waals surface area contributed by atoms with Crippen molar-refractivity contribution < 1.29 is 4.74 Å². The molecule has 2 rings (SSSR count). The van der Waals surface area contributed by atoms with E-state index >= 15 is 0 Å². The maximum atomic E-state index is 5.67. The van der Waals surface area contributed by atoms with Crippen molar-refractivity contribution in [3.05, 3.63) is 18.0 Å². The highest BCUT2D eigenvalue weighted by molar-refractivity contribution is 5.02. The minimum atomic E-state index is 0.277. The van der Waals surface area contributed by atoms with Crippen molar-refractivity contribution in [3.8, 4) is 0 Å². The Morgan fingerprint density at radius 2 is 2.45 bits per heavy atom. The van der Waals surface area contributed by atoms with Gasteiger partial charge in [0.1, 0.15) is 0 Å². The molecule has 0 saturated carbocycles. The van der Waals surface area contributed by atoms with Gasteiger partial charge in [0.05, 0.1) is 11.8 Å². The first-order valence-electron chi connectivity index (χ1n) is 7.84. The predicted molar refractivity (Wildman–Crippen MR) is 80.3 cm³/mol. The number of aromatic nitrogens is 2. The first kappa shape index (κ1) is 15.5. The fourth-order valence-corrected chi connectivity index (χ4v) is 2.67. The van der Waals surface area contributed by atoms with Crippen LogP contribution in [0.1, 0.15) is 57.7 Å². The van der Waals surface area contributed by atoms with Gasteiger partial charge < -0.3 is 4.74 Å². The summed E-state index contributed by atoms with van der Waals surface area (Å²) < 4.78 is 7.70. The van der Waals surface area contributed by atoms with Crippen LogP contribution < -0.4 is 11.3 Å². The van der Waals surface area contributed by atoms with Crippen molar-refractivity contribution in [2.45, 2.75) is 70.6 Å². The number of hydrogen-bond donors (Lipinski definition) is 2. The number of nitrogens with two attached hydrogens (primary N) is 1. The van der Waals surface area contributed by atoms with Crippen LogP contribution >= 0.6 is 0 Å². The van der Waals surface area contributed by atoms with E-state index in [1.54, 1.807) is 0 Å². The Kier molecular flexibility index (Phi) is 6.01. The van der Waals surface area contributed by atoms with Gasteiger partial charge in [-0.2, -0.15) is 5.10 Å². The molecule has 0 spiro atoms. The van der Waals surface area contributed by atoms with Gasteiger partial charge in [-0.3, -0.25) is 16.0 Å². The van der Waals surface area contributed by atoms with Crippen LogP contribution in [0.5, 0.6) is 0 Å². The fraction of sp³-hybridized carbons (Fsp3) is 0.800. The van der Waals surface area contributed by atoms with Gasteiger partial charge in [-0.15, -0.1) is 0 Å². The molecule has 5 nitrogen and oxygen atoms in total. The van der Waals surface area contributed by atoms with Gasteiger partial charge in [-0.1, -0.05) is 6.92 Å². The second kappa shape index (κ2) is 7.76. The van der Waals surface area contributed by atoms with Crippen molar-refractivity contribution in [1.82, 2.24) is 15.2 Å². The third kappa shape index (κ3) is 4.30. The number of hydrazine groups is 1. The second-order valence-corrected chi connectivity index (χ2v) is 5.82. The van der Waals surface area contributed by atoms with Crippen LogP contribution in [0.25, 0.3) is 0 Å². The molecule has 1 saturated heterocycles. The first-order chi connectivity index (χ1) is 9.72. The minimum absolute atomic E-state index is 0.277. The SMILES string of the molecule is CCC(C)n1ccc(CC(CCC2CCCO2)NN)n1. The Bertz CT molecular complexity index is 387. The summed E-state index contributed by atoms with van der Waals surface area (Å²) in [6.07, 6.45) is 8.99. The van der Waals surface area contributed by atoms with E-state index in [2.05, 4.69) is 36.6 Å². The largest absolute Gasteiger partial charge is 0.378 e. The zero-order valence-electron chi connectivity index (χ0n) is 12.7. The zero-order valence-corrected chi connectivity index (χ0v) is 12.7. The number of rotatable bonds is 8. The van der Waals surface area contributed by atoms with Gasteiger partial charge >= 0.3 is 0 Å². The molecule has 3 atom stereocenters. The summed E-state index contributed by atoms with van der Waals surface area (Å²) in [7, 11) is 0. The van der Waals surface area contributed by atoms with Crippen molar-refractivity contribution >= 4 is 0 Å². The smallest absolute Gasteiger partial charge is 0.0640 e. The van der Waals surface area contributed by atoms with Crippen molar-refractivity contribution in [2.75, 3.05) is 6.61 Å². The minimum Gasteiger partial charge on any atom is -0.378 e. The summed E-state index contributed by atoms with van der Waals surface area (Å²) in [5, 5.41) is 4.64. The summed E-state index contributed by atoms with van der Waals surface area (Å²) >= 11 is 0. The summed E-state index contributed by atoms with van der Waals surface area (Å²) in [5.74, 6) is 5.67. The molecule has 20 heavy (non-hydrogen) atoms. The van der Waals surface area contributed by atoms with E-state index in [4.69, 9.17) is 10.6 Å². The van der Waals surface area contributed by atoms with E-state index in [-0.39, 0.29) is 6.04 Å². The molecule has 5 heteroatoms. The molecule has 2 heterocycles. The molecule has 1 aliphatic heterocycles. The van der Waals surface area contributed by atoms with Crippen LogP contribution in [0.4, 0.5) is 0 Å². The standard InChI is InChI=1S/C15H28N4O/c1-3-12(2)19-9-8-14(18-19)11-13(17-16)6-7-15-5-4-10-20-15/h8-9,12-13,15,17H,3-7,10-11,16H2,1-2H3. The van der Waals surface area contributed by atoms with Crippen molar-refractivity contribution in [3.63, 3.8) is 0 Å². The number of hydrogen-bond acceptors (Lipinski definition) is 4. The lowest BCUT2D eigenvalue weighted by molar-refractivity contribution is 0.0995. The van der Waals surface area contributed by atoms with Gasteiger partial charge in [0.15, 0.2) is 0 Å². The van der Waals surface area contributed by atoms with Crippen LogP contribution in [0, 0.1) is 0 Å². The lowest BCUT2D eigenvalue weighted by Gasteiger charge is -2.17. The second-order valence-electron chi connectivity index (χ2n) is 5.82. The molecule has 3 unspecified atom stereocenters. The Balaban J connectivity index is 1.80. The highest BCUT2D eigenvalue weighted by Crippen LogP contribution is 2.18. The van der Waals surface area contributed by atoms with Gasteiger partial charge in [0, 0.05) is 31.3 Å². The normalized spacial score (nSPS) is 22.1. The van der Waals surface area contributed by atoms with Gasteiger partial charge in [-0.25, -0.2) is 0 Å². The van der Waals surface area contributed by atoms with Crippen LogP contribution in [0.15, 0.2) is 12.3 Å². The molecule has 1 aromatic rings. The lowest BCUT2D eigenvalue weighted by Crippen LogP contribution is -2.37. The van der Waals surface area contributed by atoms with E-state index in [1.165, 1.54) is 12.8 Å². The first-order valence-corrected chi connectivity index (χ1v) is 7.84. The Labute approximate surface area is 121 Å². The van der Waals surface area contributed by atoms with E-state index < -0.39 is 0 Å². The van der Waals surface area contributed by atoms with Gasteiger partial charge in [-0.05, 0) is 45.1 Å². The molecular formula is C15H28N4O. The molecule has 0 radical (unpaired) electrons. The third-order valence-electron chi connectivity index (χ3n) is 4.26. The maximum Gasteiger partial charge on any atom is 0.0640 e. The van der Waals surface area contributed by atoms with Crippen LogP contribution in [-0.2, 0) is 11.2 Å². The molecule has 1 fully saturated rings. The molecule has 1 aliphatic rings. The number of ether oxygens (including phenoxy) is 1. The molecule has 1 aromatic heterocycles. The van der Waals surface area contributed by atoms with Gasteiger partial charge in [0.25, 0.3) is 0 Å². The average molecular weight is 280 g/mol. The Morgan fingerprint density at radius 3 is 3.10 bits per heavy atom. The summed E-state index contributed by atoms with van der Waals surface area (Å²) in [5.41, 5.74) is 4.03. The van der Waals surface area contributed by atoms with E-state index in [9.17, 15) is 0 Å². The van der Waals surface area contributed by atoms with Crippen LogP contribution in [0.3, 0.4) is 0 Å². The lowest BCUT2D eigenvalue weighted by atomic mass is 10.0. The fourth-order valence-electron chi connectivity index (χ4n) is 2.67. The molecule has 3 N–H and O–H groups in total. The molecule has 0 amide bonds. The summed E-state index contributed by atoms with van der Waals surface area (Å²) in [4.78, 5) is 0. The summed E-state index contributed by atoms with van der Waals surface area (Å²) in [6.45, 7) is 5.29. The monoisotopic (exact) mass is 280 g/mol. The third-order valence-corrected chi connectivity index (χ3v) is 4.26. The number of nitrogens with zero attached hydrogens (tertiary/aromatic N) is 2. The number of nitrogens with one attached hydrogen (secondary N) is 1. The predicted octanol–water partition coefficient (Wildman–Crippen LogP) is 2.19. The highest BCUT2D eigenvalue weighted by Gasteiger charge is 2.18. The topological polar surface area (TPSA) is 65.1 Å². The molecular weight excluding hydrogens is 252 g/mol. The average Bonchev–Trinajstić information content (AvgIpc) is 3.13. The Morgan fingerprint density at radius 1 is 1.60 bits per heavy atom. The molecule has 0 bridgehead atoms. The van der Waals surface area contributed by atoms with E-state index in [0.29, 0.717) is 12.1 Å². The van der Waals surface area contributed by atoms with Crippen LogP contribution in [0.2, 0.25) is 0 Å². The molecule has 0 aromatic carbocycles. The highest BCUT2D eigenvalue weighted by atomic mass is 16.5. The quantitative estimate of drug-likeness (QED) is 0.566. The van der Waals surface area contributed by atoms with E-state index in [1.807, 2.05) is 4.68 Å². The Hall–Kier alpha value is -0.910. The summed E-state index contributed by atoms with van der Waals surface area (Å²) in [6, 6.07) is 2.84.